The number of aromatic carboxylic acids is 1. The van der Waals surface area contributed by atoms with E-state index in [0.717, 1.165) is 16.7 Å². The van der Waals surface area contributed by atoms with Gasteiger partial charge in [-0.15, -0.1) is 0 Å². The van der Waals surface area contributed by atoms with Crippen LogP contribution in [0.4, 0.5) is 0 Å². The molecule has 0 bridgehead atoms. The predicted octanol–water partition coefficient (Wildman–Crippen LogP) is 2.09. The van der Waals surface area contributed by atoms with Gasteiger partial charge in [0.2, 0.25) is 5.91 Å². The molecule has 2 N–H and O–H groups in total. The van der Waals surface area contributed by atoms with Crippen molar-refractivity contribution in [2.45, 2.75) is 19.3 Å². The average Bonchev–Trinajstić information content (AvgIpc) is 2.92. The molecule has 1 amide bonds. The first-order chi connectivity index (χ1) is 10.5. The first-order valence-corrected chi connectivity index (χ1v) is 7.11. The minimum Gasteiger partial charge on any atom is -0.478 e. The van der Waals surface area contributed by atoms with Crippen molar-refractivity contribution in [3.05, 3.63) is 59.3 Å². The zero-order valence-corrected chi connectivity index (χ0v) is 12.0. The molecule has 0 saturated carbocycles. The Morgan fingerprint density at radius 1 is 1.27 bits per heavy atom. The van der Waals surface area contributed by atoms with E-state index in [1.54, 1.807) is 24.4 Å². The number of benzene rings is 1. The SMILES string of the molecule is C=C1CC=CN=C1NC(=O)C1Cc2ccc(C(=O)O)cc2C1. The van der Waals surface area contributed by atoms with E-state index in [-0.39, 0.29) is 17.4 Å². The molecule has 3 rings (SSSR count). The molecule has 112 valence electrons. The Balaban J connectivity index is 1.71. The van der Waals surface area contributed by atoms with Crippen molar-refractivity contribution in [1.82, 2.24) is 5.32 Å². The van der Waals surface area contributed by atoms with E-state index in [2.05, 4.69) is 16.9 Å². The second-order valence-corrected chi connectivity index (χ2v) is 5.55. The van der Waals surface area contributed by atoms with Gasteiger partial charge in [0.25, 0.3) is 0 Å². The van der Waals surface area contributed by atoms with Crippen molar-refractivity contribution >= 4 is 17.7 Å². The monoisotopic (exact) mass is 296 g/mol. The second-order valence-electron chi connectivity index (χ2n) is 5.55. The van der Waals surface area contributed by atoms with Gasteiger partial charge in [-0.1, -0.05) is 18.7 Å². The Morgan fingerprint density at radius 3 is 2.77 bits per heavy atom. The summed E-state index contributed by atoms with van der Waals surface area (Å²) in [7, 11) is 0. The lowest BCUT2D eigenvalue weighted by atomic mass is 10.0. The van der Waals surface area contributed by atoms with Crippen LogP contribution < -0.4 is 5.32 Å². The summed E-state index contributed by atoms with van der Waals surface area (Å²) in [5.74, 6) is -0.714. The lowest BCUT2D eigenvalue weighted by molar-refractivity contribution is -0.123. The van der Waals surface area contributed by atoms with Gasteiger partial charge in [-0.3, -0.25) is 4.79 Å². The summed E-state index contributed by atoms with van der Waals surface area (Å²) in [5.41, 5.74) is 3.02. The Kier molecular flexibility index (Phi) is 3.63. The van der Waals surface area contributed by atoms with Gasteiger partial charge in [0.1, 0.15) is 5.84 Å². The quantitative estimate of drug-likeness (QED) is 0.877. The van der Waals surface area contributed by atoms with Gasteiger partial charge in [-0.05, 0) is 48.1 Å². The fourth-order valence-electron chi connectivity index (χ4n) is 2.79. The first-order valence-electron chi connectivity index (χ1n) is 7.11. The summed E-state index contributed by atoms with van der Waals surface area (Å²) in [6, 6.07) is 5.04. The highest BCUT2D eigenvalue weighted by Gasteiger charge is 2.29. The number of carboxylic acid groups (broad SMARTS) is 1. The van der Waals surface area contributed by atoms with Crippen molar-refractivity contribution in [1.29, 1.82) is 0 Å². The highest BCUT2D eigenvalue weighted by atomic mass is 16.4. The molecule has 1 aromatic carbocycles. The molecule has 1 heterocycles. The number of allylic oxidation sites excluding steroid dienone is 1. The van der Waals surface area contributed by atoms with Gasteiger partial charge in [0.05, 0.1) is 5.56 Å². The summed E-state index contributed by atoms with van der Waals surface area (Å²) in [6.07, 6.45) is 5.41. The number of carbonyl (C=O) groups excluding carboxylic acids is 1. The smallest absolute Gasteiger partial charge is 0.335 e. The molecule has 1 aromatic rings. The Labute approximate surface area is 128 Å². The summed E-state index contributed by atoms with van der Waals surface area (Å²) in [5, 5.41) is 11.9. The molecule has 2 aliphatic rings. The van der Waals surface area contributed by atoms with Crippen molar-refractivity contribution in [3.63, 3.8) is 0 Å². The zero-order valence-electron chi connectivity index (χ0n) is 12.0. The van der Waals surface area contributed by atoms with E-state index < -0.39 is 5.97 Å². The highest BCUT2D eigenvalue weighted by Crippen LogP contribution is 2.28. The maximum absolute atomic E-state index is 12.4. The number of nitrogens with one attached hydrogen (secondary N) is 1. The van der Waals surface area contributed by atoms with E-state index in [1.165, 1.54) is 0 Å². The molecule has 1 aliphatic heterocycles. The van der Waals surface area contributed by atoms with Crippen molar-refractivity contribution in [2.75, 3.05) is 0 Å². The molecule has 0 fully saturated rings. The normalized spacial score (nSPS) is 19.5. The second kappa shape index (κ2) is 5.60. The number of hydrogen-bond acceptors (Lipinski definition) is 3. The highest BCUT2D eigenvalue weighted by molar-refractivity contribution is 6.08. The number of carboxylic acids is 1. The van der Waals surface area contributed by atoms with Crippen LogP contribution in [0.3, 0.4) is 0 Å². The maximum Gasteiger partial charge on any atom is 0.335 e. The van der Waals surface area contributed by atoms with Crippen LogP contribution in [0.1, 0.15) is 27.9 Å². The number of nitrogens with zero attached hydrogens (tertiary/aromatic N) is 1. The lowest BCUT2D eigenvalue weighted by Gasteiger charge is -2.15. The summed E-state index contributed by atoms with van der Waals surface area (Å²) < 4.78 is 0. The van der Waals surface area contributed by atoms with Gasteiger partial charge < -0.3 is 10.4 Å². The molecule has 22 heavy (non-hydrogen) atoms. The van der Waals surface area contributed by atoms with Gasteiger partial charge in [-0.2, -0.15) is 0 Å². The molecule has 0 saturated heterocycles. The summed E-state index contributed by atoms with van der Waals surface area (Å²) >= 11 is 0. The standard InChI is InChI=1S/C17H16N2O3/c1-10-3-2-6-18-15(10)19-16(20)14-7-11-4-5-12(17(21)22)8-13(11)9-14/h2,4-6,8,14H,1,3,7,9H2,(H,21,22)(H,18,19,20). The van der Waals surface area contributed by atoms with E-state index in [4.69, 9.17) is 5.11 Å². The maximum atomic E-state index is 12.4. The van der Waals surface area contributed by atoms with E-state index in [1.807, 2.05) is 6.08 Å². The summed E-state index contributed by atoms with van der Waals surface area (Å²) in [4.78, 5) is 27.5. The van der Waals surface area contributed by atoms with E-state index in [9.17, 15) is 9.59 Å². The number of carbonyl (C=O) groups is 2. The molecular weight excluding hydrogens is 280 g/mol. The van der Waals surface area contributed by atoms with E-state index in [0.29, 0.717) is 25.1 Å². The molecule has 0 spiro atoms. The fraction of sp³-hybridized carbons (Fsp3) is 0.235. The van der Waals surface area contributed by atoms with Crippen molar-refractivity contribution in [3.8, 4) is 0 Å². The van der Waals surface area contributed by atoms with Crippen LogP contribution in [0, 0.1) is 5.92 Å². The number of rotatable bonds is 2. The molecule has 1 atom stereocenters. The number of aliphatic imine (C=N–C) groups is 1. The average molecular weight is 296 g/mol. The minimum atomic E-state index is -0.949. The van der Waals surface area contributed by atoms with Gasteiger partial charge in [0, 0.05) is 12.1 Å². The Morgan fingerprint density at radius 2 is 2.05 bits per heavy atom. The van der Waals surface area contributed by atoms with Crippen LogP contribution in [-0.4, -0.2) is 22.8 Å². The van der Waals surface area contributed by atoms with Crippen molar-refractivity contribution < 1.29 is 14.7 Å². The minimum absolute atomic E-state index is 0.0942. The van der Waals surface area contributed by atoms with Crippen LogP contribution in [-0.2, 0) is 17.6 Å². The number of amides is 1. The fourth-order valence-corrected chi connectivity index (χ4v) is 2.79. The molecule has 5 heteroatoms. The topological polar surface area (TPSA) is 78.8 Å². The molecule has 0 aromatic heterocycles. The third-order valence-corrected chi connectivity index (χ3v) is 4.01. The number of amidine groups is 1. The molecule has 5 nitrogen and oxygen atoms in total. The first kappa shape index (κ1) is 14.3. The van der Waals surface area contributed by atoms with Crippen molar-refractivity contribution in [2.24, 2.45) is 10.9 Å². The molecular formula is C17H16N2O3. The largest absolute Gasteiger partial charge is 0.478 e. The summed E-state index contributed by atoms with van der Waals surface area (Å²) in [6.45, 7) is 3.88. The number of hydrogen-bond donors (Lipinski definition) is 2. The predicted molar refractivity (Wildman–Crippen MR) is 82.8 cm³/mol. The van der Waals surface area contributed by atoms with Crippen LogP contribution in [0.2, 0.25) is 0 Å². The Hall–Kier alpha value is -2.69. The van der Waals surface area contributed by atoms with Crippen LogP contribution >= 0.6 is 0 Å². The van der Waals surface area contributed by atoms with Crippen LogP contribution in [0.25, 0.3) is 0 Å². The molecule has 0 radical (unpaired) electrons. The zero-order chi connectivity index (χ0) is 15.7. The lowest BCUT2D eigenvalue weighted by Crippen LogP contribution is -2.37. The number of fused-ring (bicyclic) bond motifs is 1. The Bertz CT molecular complexity index is 731. The van der Waals surface area contributed by atoms with E-state index >= 15 is 0 Å². The van der Waals surface area contributed by atoms with Crippen LogP contribution in [0.15, 0.2) is 47.6 Å². The van der Waals surface area contributed by atoms with Gasteiger partial charge in [-0.25, -0.2) is 9.79 Å². The third-order valence-electron chi connectivity index (χ3n) is 4.01. The van der Waals surface area contributed by atoms with Crippen LogP contribution in [0.5, 0.6) is 0 Å². The molecule has 1 aliphatic carbocycles. The van der Waals surface area contributed by atoms with Gasteiger partial charge in [0.15, 0.2) is 0 Å². The third kappa shape index (κ3) is 2.70. The molecule has 1 unspecified atom stereocenters. The van der Waals surface area contributed by atoms with Gasteiger partial charge >= 0.3 is 5.97 Å².